The molecule has 0 unspecified atom stereocenters. The molecule has 0 heterocycles. The number of anilines is 1. The maximum absolute atomic E-state index is 13.7. The summed E-state index contributed by atoms with van der Waals surface area (Å²) in [6.45, 7) is 2.79. The largest absolute Gasteiger partial charge is 0.416 e. The first-order valence-corrected chi connectivity index (χ1v) is 9.21. The van der Waals surface area contributed by atoms with Crippen LogP contribution in [0.4, 0.5) is 32.0 Å². The molecule has 0 saturated heterocycles. The topological polar surface area (TPSA) is 24.1 Å². The fourth-order valence-electron chi connectivity index (χ4n) is 2.77. The molecule has 0 atom stereocenters. The molecule has 0 radical (unpaired) electrons. The van der Waals surface area contributed by atoms with E-state index in [2.05, 4.69) is 10.6 Å². The monoisotopic (exact) mass is 428 g/mol. The lowest BCUT2D eigenvalue weighted by atomic mass is 10.0. The Morgan fingerprint density at radius 2 is 1.57 bits per heavy atom. The summed E-state index contributed by atoms with van der Waals surface area (Å²) in [4.78, 5) is 0. The van der Waals surface area contributed by atoms with Crippen LogP contribution < -0.4 is 10.6 Å². The van der Waals surface area contributed by atoms with Crippen LogP contribution in [0, 0.1) is 17.5 Å². The van der Waals surface area contributed by atoms with Gasteiger partial charge in [0.25, 0.3) is 0 Å². The molecule has 0 bridgehead atoms. The molecule has 0 aliphatic carbocycles. The molecule has 0 aliphatic heterocycles. The summed E-state index contributed by atoms with van der Waals surface area (Å²) < 4.78 is 80.8. The zero-order chi connectivity index (χ0) is 22.5. The highest BCUT2D eigenvalue weighted by Crippen LogP contribution is 2.32. The van der Waals surface area contributed by atoms with Gasteiger partial charge in [-0.3, -0.25) is 0 Å². The van der Waals surface area contributed by atoms with Gasteiger partial charge >= 0.3 is 6.18 Å². The van der Waals surface area contributed by atoms with E-state index in [1.807, 2.05) is 0 Å². The van der Waals surface area contributed by atoms with Crippen LogP contribution in [0.25, 0.3) is 5.70 Å². The van der Waals surface area contributed by atoms with Gasteiger partial charge < -0.3 is 10.6 Å². The lowest BCUT2D eigenvalue weighted by molar-refractivity contribution is -0.0890. The average Bonchev–Trinajstić information content (AvgIpc) is 2.71. The van der Waals surface area contributed by atoms with Crippen LogP contribution >= 0.6 is 0 Å². The van der Waals surface area contributed by atoms with E-state index in [0.717, 1.165) is 12.1 Å². The Morgan fingerprint density at radius 1 is 0.967 bits per heavy atom. The summed E-state index contributed by atoms with van der Waals surface area (Å²) in [6.07, 6.45) is -3.17. The van der Waals surface area contributed by atoms with Crippen molar-refractivity contribution < 1.29 is 26.3 Å². The average molecular weight is 428 g/mol. The normalized spacial score (nSPS) is 13.2. The lowest BCUT2D eigenvalue weighted by Gasteiger charge is -2.15. The summed E-state index contributed by atoms with van der Waals surface area (Å²) in [6, 6.07) is 7.79. The van der Waals surface area contributed by atoms with Gasteiger partial charge in [0.05, 0.1) is 5.57 Å². The van der Waals surface area contributed by atoms with E-state index in [1.165, 1.54) is 14.0 Å². The van der Waals surface area contributed by atoms with Crippen molar-refractivity contribution >= 4 is 11.4 Å². The Labute approximate surface area is 171 Å². The van der Waals surface area contributed by atoms with Crippen LogP contribution in [0.2, 0.25) is 0 Å². The fourth-order valence-corrected chi connectivity index (χ4v) is 2.77. The third kappa shape index (κ3) is 5.58. The Balaban J connectivity index is 2.25. The van der Waals surface area contributed by atoms with E-state index in [-0.39, 0.29) is 24.2 Å². The zero-order valence-electron chi connectivity index (χ0n) is 16.7. The van der Waals surface area contributed by atoms with E-state index in [0.29, 0.717) is 17.3 Å². The number of nitrogens with one attached hydrogen (secondary N) is 2. The van der Waals surface area contributed by atoms with Gasteiger partial charge in [-0.1, -0.05) is 24.6 Å². The highest BCUT2D eigenvalue weighted by Gasteiger charge is 2.33. The van der Waals surface area contributed by atoms with E-state index >= 15 is 0 Å². The van der Waals surface area contributed by atoms with E-state index in [9.17, 15) is 26.3 Å². The smallest absolute Gasteiger partial charge is 0.388 e. The minimum Gasteiger partial charge on any atom is -0.388 e. The van der Waals surface area contributed by atoms with Crippen LogP contribution in [-0.4, -0.2) is 13.2 Å². The van der Waals surface area contributed by atoms with Crippen molar-refractivity contribution in [2.45, 2.75) is 33.0 Å². The molecular formula is C22H22F6N2. The predicted molar refractivity (Wildman–Crippen MR) is 106 cm³/mol. The van der Waals surface area contributed by atoms with Crippen molar-refractivity contribution in [1.82, 2.24) is 5.32 Å². The number of halogens is 6. The van der Waals surface area contributed by atoms with Crippen LogP contribution in [0.5, 0.6) is 0 Å². The number of hydrogen-bond donors (Lipinski definition) is 2. The first kappa shape index (κ1) is 23.4. The number of benzene rings is 2. The number of allylic oxidation sites excluding steroid dienone is 3. The zero-order valence-corrected chi connectivity index (χ0v) is 16.7. The Kier molecular flexibility index (Phi) is 7.59. The van der Waals surface area contributed by atoms with E-state index in [1.54, 1.807) is 31.2 Å². The highest BCUT2D eigenvalue weighted by atomic mass is 19.4. The molecular weight excluding hydrogens is 406 g/mol. The number of rotatable bonds is 7. The minimum absolute atomic E-state index is 0.215. The minimum atomic E-state index is -4.48. The van der Waals surface area contributed by atoms with E-state index in [4.69, 9.17) is 0 Å². The second-order valence-corrected chi connectivity index (χ2v) is 6.61. The number of hydrogen-bond acceptors (Lipinski definition) is 2. The molecule has 2 nitrogen and oxygen atoms in total. The van der Waals surface area contributed by atoms with Crippen molar-refractivity contribution in [2.24, 2.45) is 0 Å². The molecule has 2 aromatic rings. The molecule has 2 rings (SSSR count). The highest BCUT2D eigenvalue weighted by molar-refractivity contribution is 5.68. The standard InChI is InChI=1S/C22H22F6N2/c1-4-13(2)17(22(26,27)28)11-20(29-3)14-5-7-15(8-6-14)30-12-16-18(23)9-10-19(24)21(16)25/h5-11,29-30H,4,12H2,1-3H3/b17-13?,20-11-. The molecule has 30 heavy (non-hydrogen) atoms. The molecule has 8 heteroatoms. The van der Waals surface area contributed by atoms with Gasteiger partial charge in [0.2, 0.25) is 0 Å². The fraction of sp³-hybridized carbons (Fsp3) is 0.273. The van der Waals surface area contributed by atoms with Crippen LogP contribution in [0.3, 0.4) is 0 Å². The quantitative estimate of drug-likeness (QED) is 0.296. The second kappa shape index (κ2) is 9.73. The number of alkyl halides is 3. The van der Waals surface area contributed by atoms with Gasteiger partial charge in [-0.15, -0.1) is 0 Å². The van der Waals surface area contributed by atoms with Crippen molar-refractivity contribution in [3.8, 4) is 0 Å². The third-order valence-electron chi connectivity index (χ3n) is 4.66. The summed E-state index contributed by atoms with van der Waals surface area (Å²) in [5.41, 5.74) is 0.292. The molecule has 162 valence electrons. The molecule has 0 saturated carbocycles. The van der Waals surface area contributed by atoms with Crippen molar-refractivity contribution in [3.05, 3.63) is 82.2 Å². The molecule has 0 fully saturated rings. The molecule has 0 amide bonds. The predicted octanol–water partition coefficient (Wildman–Crippen LogP) is 6.57. The van der Waals surface area contributed by atoms with Crippen LogP contribution in [0.15, 0.2) is 53.6 Å². The van der Waals surface area contributed by atoms with Gasteiger partial charge in [-0.2, -0.15) is 13.2 Å². The van der Waals surface area contributed by atoms with Crippen LogP contribution in [0.1, 0.15) is 31.4 Å². The summed E-state index contributed by atoms with van der Waals surface area (Å²) in [5, 5.41) is 5.53. The summed E-state index contributed by atoms with van der Waals surface area (Å²) >= 11 is 0. The van der Waals surface area contributed by atoms with Crippen molar-refractivity contribution in [1.29, 1.82) is 0 Å². The second-order valence-electron chi connectivity index (χ2n) is 6.61. The van der Waals surface area contributed by atoms with Crippen LogP contribution in [-0.2, 0) is 6.54 Å². The SMILES string of the molecule is CCC(C)=C(/C=C(\NC)c1ccc(NCc2c(F)ccc(F)c2F)cc1)C(F)(F)F. The summed E-state index contributed by atoms with van der Waals surface area (Å²) in [7, 11) is 1.52. The van der Waals surface area contributed by atoms with Gasteiger partial charge in [-0.25, -0.2) is 13.2 Å². The molecule has 0 spiro atoms. The molecule has 0 aromatic heterocycles. The summed E-state index contributed by atoms with van der Waals surface area (Å²) in [5.74, 6) is -3.29. The Bertz CT molecular complexity index is 943. The lowest BCUT2D eigenvalue weighted by Crippen LogP contribution is -2.15. The van der Waals surface area contributed by atoms with Crippen molar-refractivity contribution in [2.75, 3.05) is 12.4 Å². The van der Waals surface area contributed by atoms with Gasteiger partial charge in [0.15, 0.2) is 11.6 Å². The maximum atomic E-state index is 13.7. The van der Waals surface area contributed by atoms with Gasteiger partial charge in [-0.05, 0) is 49.2 Å². The maximum Gasteiger partial charge on any atom is 0.416 e. The molecule has 2 N–H and O–H groups in total. The third-order valence-corrected chi connectivity index (χ3v) is 4.66. The van der Waals surface area contributed by atoms with Gasteiger partial charge in [0.1, 0.15) is 5.82 Å². The van der Waals surface area contributed by atoms with E-state index < -0.39 is 34.8 Å². The van der Waals surface area contributed by atoms with Crippen molar-refractivity contribution in [3.63, 3.8) is 0 Å². The first-order chi connectivity index (χ1) is 14.1. The molecule has 2 aromatic carbocycles. The molecule has 0 aliphatic rings. The Morgan fingerprint density at radius 3 is 2.10 bits per heavy atom. The Hall–Kier alpha value is -2.90. The first-order valence-electron chi connectivity index (χ1n) is 9.21. The van der Waals surface area contributed by atoms with Gasteiger partial charge in [0, 0.05) is 30.5 Å².